The van der Waals surface area contributed by atoms with Crippen molar-refractivity contribution in [1.82, 2.24) is 0 Å². The van der Waals surface area contributed by atoms with E-state index in [1.807, 2.05) is 33.8 Å². The lowest BCUT2D eigenvalue weighted by Crippen LogP contribution is -2.40. The monoisotopic (exact) mass is 306 g/mol. The molecular formula is C19H21F3. The predicted octanol–water partition coefficient (Wildman–Crippen LogP) is 5.79. The molecule has 0 saturated heterocycles. The third-order valence-electron chi connectivity index (χ3n) is 4.45. The number of aryl methyl sites for hydroxylation is 4. The lowest BCUT2D eigenvalue weighted by Gasteiger charge is -2.34. The molecule has 22 heavy (non-hydrogen) atoms. The molecule has 0 aliphatic rings. The first-order chi connectivity index (χ1) is 10.1. The maximum Gasteiger partial charge on any atom is 0.402 e. The van der Waals surface area contributed by atoms with E-state index in [4.69, 9.17) is 0 Å². The Morgan fingerprint density at radius 3 is 1.68 bits per heavy atom. The van der Waals surface area contributed by atoms with Gasteiger partial charge in [0.2, 0.25) is 0 Å². The van der Waals surface area contributed by atoms with E-state index in [2.05, 4.69) is 0 Å². The Bertz CT molecular complexity index is 678. The zero-order chi connectivity index (χ0) is 16.7. The average molecular weight is 306 g/mol. The molecule has 0 bridgehead atoms. The van der Waals surface area contributed by atoms with E-state index in [1.165, 1.54) is 6.92 Å². The van der Waals surface area contributed by atoms with Gasteiger partial charge in [0.1, 0.15) is 5.41 Å². The minimum atomic E-state index is -4.37. The van der Waals surface area contributed by atoms with Crippen molar-refractivity contribution in [2.45, 2.75) is 46.2 Å². The highest BCUT2D eigenvalue weighted by atomic mass is 19.4. The van der Waals surface area contributed by atoms with Gasteiger partial charge < -0.3 is 0 Å². The van der Waals surface area contributed by atoms with Gasteiger partial charge in [-0.2, -0.15) is 13.2 Å². The number of alkyl halides is 3. The minimum Gasteiger partial charge on any atom is -0.170 e. The van der Waals surface area contributed by atoms with Crippen molar-refractivity contribution in [3.8, 4) is 0 Å². The quantitative estimate of drug-likeness (QED) is 0.659. The maximum absolute atomic E-state index is 14.0. The zero-order valence-corrected chi connectivity index (χ0v) is 13.6. The number of hydrogen-bond acceptors (Lipinski definition) is 0. The summed E-state index contributed by atoms with van der Waals surface area (Å²) in [6.45, 7) is 8.67. The van der Waals surface area contributed by atoms with E-state index in [0.717, 1.165) is 22.3 Å². The van der Waals surface area contributed by atoms with Gasteiger partial charge >= 0.3 is 6.18 Å². The summed E-state index contributed by atoms with van der Waals surface area (Å²) < 4.78 is 41.9. The Morgan fingerprint density at radius 2 is 1.23 bits per heavy atom. The van der Waals surface area contributed by atoms with Gasteiger partial charge in [-0.3, -0.25) is 0 Å². The summed E-state index contributed by atoms with van der Waals surface area (Å²) in [5, 5.41) is 0. The molecule has 3 heteroatoms. The van der Waals surface area contributed by atoms with Crippen molar-refractivity contribution >= 4 is 0 Å². The van der Waals surface area contributed by atoms with Crippen molar-refractivity contribution < 1.29 is 13.2 Å². The van der Waals surface area contributed by atoms with Crippen molar-refractivity contribution in [3.05, 3.63) is 69.8 Å². The molecule has 0 aromatic heterocycles. The van der Waals surface area contributed by atoms with Crippen LogP contribution in [0.2, 0.25) is 0 Å². The molecule has 2 rings (SSSR count). The van der Waals surface area contributed by atoms with Crippen LogP contribution < -0.4 is 0 Å². The van der Waals surface area contributed by atoms with Crippen LogP contribution in [0.1, 0.15) is 40.3 Å². The Hall–Kier alpha value is -1.77. The van der Waals surface area contributed by atoms with Crippen LogP contribution in [0, 0.1) is 27.7 Å². The maximum atomic E-state index is 14.0. The molecule has 0 amide bonds. The van der Waals surface area contributed by atoms with Crippen LogP contribution in [0.5, 0.6) is 0 Å². The van der Waals surface area contributed by atoms with Gasteiger partial charge in [-0.25, -0.2) is 0 Å². The highest BCUT2D eigenvalue weighted by molar-refractivity contribution is 5.46. The van der Waals surface area contributed by atoms with E-state index < -0.39 is 11.6 Å². The molecule has 0 heterocycles. The molecule has 0 saturated carbocycles. The van der Waals surface area contributed by atoms with Crippen LogP contribution in [0.15, 0.2) is 36.4 Å². The molecule has 0 radical (unpaired) electrons. The molecule has 0 aliphatic carbocycles. The fourth-order valence-electron chi connectivity index (χ4n) is 2.81. The van der Waals surface area contributed by atoms with E-state index in [9.17, 15) is 13.2 Å². The third kappa shape index (κ3) is 2.77. The molecule has 0 aliphatic heterocycles. The summed E-state index contributed by atoms with van der Waals surface area (Å²) in [5.74, 6) is 0. The molecule has 1 atom stereocenters. The van der Waals surface area contributed by atoms with E-state index in [1.54, 1.807) is 30.3 Å². The predicted molar refractivity (Wildman–Crippen MR) is 84.3 cm³/mol. The normalized spacial score (nSPS) is 14.7. The fraction of sp³-hybridized carbons (Fsp3) is 0.368. The number of benzene rings is 2. The highest BCUT2D eigenvalue weighted by Crippen LogP contribution is 2.46. The number of rotatable bonds is 2. The Labute approximate surface area is 130 Å². The van der Waals surface area contributed by atoms with E-state index in [-0.39, 0.29) is 5.56 Å². The van der Waals surface area contributed by atoms with Crippen LogP contribution in [-0.2, 0) is 5.41 Å². The first-order valence-electron chi connectivity index (χ1n) is 7.29. The molecule has 0 fully saturated rings. The largest absolute Gasteiger partial charge is 0.402 e. The fourth-order valence-corrected chi connectivity index (χ4v) is 2.81. The summed E-state index contributed by atoms with van der Waals surface area (Å²) in [6.07, 6.45) is -4.37. The van der Waals surface area contributed by atoms with Crippen LogP contribution in [0.4, 0.5) is 13.2 Å². The molecule has 0 nitrogen and oxygen atoms in total. The van der Waals surface area contributed by atoms with Crippen molar-refractivity contribution in [2.24, 2.45) is 0 Å². The second-order valence-corrected chi connectivity index (χ2v) is 6.30. The van der Waals surface area contributed by atoms with Crippen molar-refractivity contribution in [3.63, 3.8) is 0 Å². The molecular weight excluding hydrogens is 285 g/mol. The zero-order valence-electron chi connectivity index (χ0n) is 13.6. The topological polar surface area (TPSA) is 0 Å². The van der Waals surface area contributed by atoms with Crippen molar-refractivity contribution in [1.29, 1.82) is 0 Å². The smallest absolute Gasteiger partial charge is 0.170 e. The van der Waals surface area contributed by atoms with Gasteiger partial charge in [0.15, 0.2) is 0 Å². The summed E-state index contributed by atoms with van der Waals surface area (Å²) in [6, 6.07) is 10.2. The van der Waals surface area contributed by atoms with E-state index in [0.29, 0.717) is 5.56 Å². The van der Waals surface area contributed by atoms with Gasteiger partial charge in [0.25, 0.3) is 0 Å². The van der Waals surface area contributed by atoms with E-state index >= 15 is 0 Å². The molecule has 118 valence electrons. The van der Waals surface area contributed by atoms with Gasteiger partial charge in [0.05, 0.1) is 0 Å². The average Bonchev–Trinajstić information content (AvgIpc) is 2.38. The molecule has 0 N–H and O–H groups in total. The number of halogens is 3. The van der Waals surface area contributed by atoms with Crippen LogP contribution in [0.3, 0.4) is 0 Å². The van der Waals surface area contributed by atoms with Crippen LogP contribution >= 0.6 is 0 Å². The third-order valence-corrected chi connectivity index (χ3v) is 4.45. The summed E-state index contributed by atoms with van der Waals surface area (Å²) >= 11 is 0. The summed E-state index contributed by atoms with van der Waals surface area (Å²) in [5.41, 5.74) is 2.12. The first kappa shape index (κ1) is 16.6. The standard InChI is InChI=1S/C19H21F3/c1-12-8-13(2)10-17(9-12)18(5,19(20,21)22)16-7-6-14(3)15(4)11-16/h6-11H,1-5H3. The Kier molecular flexibility index (Phi) is 4.12. The second kappa shape index (κ2) is 5.45. The Balaban J connectivity index is 2.75. The SMILES string of the molecule is Cc1cc(C)cc(C(C)(c2ccc(C)c(C)c2)C(F)(F)F)c1. The molecule has 0 spiro atoms. The highest BCUT2D eigenvalue weighted by Gasteiger charge is 2.53. The lowest BCUT2D eigenvalue weighted by molar-refractivity contribution is -0.173. The summed E-state index contributed by atoms with van der Waals surface area (Å²) in [7, 11) is 0. The first-order valence-corrected chi connectivity index (χ1v) is 7.29. The van der Waals surface area contributed by atoms with Gasteiger partial charge in [-0.1, -0.05) is 47.5 Å². The van der Waals surface area contributed by atoms with Gasteiger partial charge in [0, 0.05) is 0 Å². The second-order valence-electron chi connectivity index (χ2n) is 6.30. The Morgan fingerprint density at radius 1 is 0.682 bits per heavy atom. The van der Waals surface area contributed by atoms with Crippen molar-refractivity contribution in [2.75, 3.05) is 0 Å². The van der Waals surface area contributed by atoms with Gasteiger partial charge in [-0.05, 0) is 56.9 Å². The molecule has 2 aromatic rings. The number of hydrogen-bond donors (Lipinski definition) is 0. The lowest BCUT2D eigenvalue weighted by atomic mass is 9.74. The van der Waals surface area contributed by atoms with Crippen LogP contribution in [-0.4, -0.2) is 6.18 Å². The molecule has 1 unspecified atom stereocenters. The van der Waals surface area contributed by atoms with Crippen LogP contribution in [0.25, 0.3) is 0 Å². The molecule has 2 aromatic carbocycles. The van der Waals surface area contributed by atoms with Gasteiger partial charge in [-0.15, -0.1) is 0 Å². The minimum absolute atomic E-state index is 0.285. The summed E-state index contributed by atoms with van der Waals surface area (Å²) in [4.78, 5) is 0.